The van der Waals surface area contributed by atoms with Crippen molar-refractivity contribution in [1.82, 2.24) is 10.9 Å². The Bertz CT molecular complexity index is 823. The Morgan fingerprint density at radius 2 is 1.69 bits per heavy atom. The van der Waals surface area contributed by atoms with Crippen molar-refractivity contribution in [2.24, 2.45) is 0 Å². The Labute approximate surface area is 153 Å². The summed E-state index contributed by atoms with van der Waals surface area (Å²) in [6.07, 6.45) is 0.783. The van der Waals surface area contributed by atoms with Crippen LogP contribution < -0.4 is 16.2 Å². The standard InChI is InChI=1S/C20H22N4O2/c1-14-3-9-18(15(2)11-14)22-13-20(26)24-23-19(25)10-8-16-4-6-17(12-21)7-5-16/h3-7,9,11,22H,8,10,13H2,1-2H3,(H,23,25)(H,24,26). The number of nitriles is 1. The molecule has 0 aromatic heterocycles. The summed E-state index contributed by atoms with van der Waals surface area (Å²) in [7, 11) is 0. The highest BCUT2D eigenvalue weighted by atomic mass is 16.2. The van der Waals surface area contributed by atoms with Gasteiger partial charge in [-0.05, 0) is 49.6 Å². The molecule has 0 aliphatic carbocycles. The van der Waals surface area contributed by atoms with Gasteiger partial charge in [-0.1, -0.05) is 29.8 Å². The lowest BCUT2D eigenvalue weighted by molar-refractivity contribution is -0.128. The summed E-state index contributed by atoms with van der Waals surface area (Å²) in [5.74, 6) is -0.592. The lowest BCUT2D eigenvalue weighted by atomic mass is 10.1. The molecule has 2 rings (SSSR count). The second kappa shape index (κ2) is 9.23. The first-order chi connectivity index (χ1) is 12.5. The summed E-state index contributed by atoms with van der Waals surface area (Å²) < 4.78 is 0. The predicted octanol–water partition coefficient (Wildman–Crippen LogP) is 2.37. The maximum atomic E-state index is 11.8. The van der Waals surface area contributed by atoms with E-state index in [0.29, 0.717) is 12.0 Å². The second-order valence-electron chi connectivity index (χ2n) is 6.08. The first kappa shape index (κ1) is 19.0. The molecule has 3 N–H and O–H groups in total. The van der Waals surface area contributed by atoms with Crippen LogP contribution in [-0.4, -0.2) is 18.4 Å². The number of hydrogen-bond acceptors (Lipinski definition) is 4. The molecule has 0 heterocycles. The highest BCUT2D eigenvalue weighted by Gasteiger charge is 2.06. The highest BCUT2D eigenvalue weighted by molar-refractivity contribution is 5.84. The van der Waals surface area contributed by atoms with Crippen molar-refractivity contribution < 1.29 is 9.59 Å². The fourth-order valence-electron chi connectivity index (χ4n) is 2.44. The maximum absolute atomic E-state index is 11.8. The summed E-state index contributed by atoms with van der Waals surface area (Å²) in [5, 5.41) is 11.8. The normalized spacial score (nSPS) is 9.88. The van der Waals surface area contributed by atoms with Gasteiger partial charge in [-0.15, -0.1) is 0 Å². The highest BCUT2D eigenvalue weighted by Crippen LogP contribution is 2.15. The minimum absolute atomic E-state index is 0.0692. The molecule has 0 spiro atoms. The van der Waals surface area contributed by atoms with Crippen LogP contribution in [0.15, 0.2) is 42.5 Å². The lowest BCUT2D eigenvalue weighted by Crippen LogP contribution is -2.44. The van der Waals surface area contributed by atoms with E-state index in [1.807, 2.05) is 50.2 Å². The average Bonchev–Trinajstić information content (AvgIpc) is 2.64. The number of nitrogens with zero attached hydrogens (tertiary/aromatic N) is 1. The van der Waals surface area contributed by atoms with Gasteiger partial charge < -0.3 is 5.32 Å². The summed E-state index contributed by atoms with van der Waals surface area (Å²) in [5.41, 5.74) is 9.45. The van der Waals surface area contributed by atoms with Gasteiger partial charge in [-0.3, -0.25) is 20.4 Å². The van der Waals surface area contributed by atoms with Gasteiger partial charge >= 0.3 is 0 Å². The first-order valence-electron chi connectivity index (χ1n) is 8.36. The molecule has 0 fully saturated rings. The van der Waals surface area contributed by atoms with Gasteiger partial charge in [0.25, 0.3) is 5.91 Å². The maximum Gasteiger partial charge on any atom is 0.257 e. The van der Waals surface area contributed by atoms with Crippen molar-refractivity contribution >= 4 is 17.5 Å². The van der Waals surface area contributed by atoms with Gasteiger partial charge in [-0.25, -0.2) is 0 Å². The van der Waals surface area contributed by atoms with Crippen LogP contribution in [0.1, 0.15) is 28.7 Å². The van der Waals surface area contributed by atoms with Crippen molar-refractivity contribution in [2.45, 2.75) is 26.7 Å². The van der Waals surface area contributed by atoms with Crippen LogP contribution in [0.2, 0.25) is 0 Å². The van der Waals surface area contributed by atoms with Crippen LogP contribution in [0.4, 0.5) is 5.69 Å². The topological polar surface area (TPSA) is 94.0 Å². The number of anilines is 1. The molecule has 6 heteroatoms. The van der Waals surface area contributed by atoms with Gasteiger partial charge in [0.1, 0.15) is 0 Å². The molecule has 0 saturated heterocycles. The lowest BCUT2D eigenvalue weighted by Gasteiger charge is -2.11. The molecule has 134 valence electrons. The molecule has 0 radical (unpaired) electrons. The molecule has 6 nitrogen and oxygen atoms in total. The van der Waals surface area contributed by atoms with E-state index in [1.54, 1.807) is 12.1 Å². The fourth-order valence-corrected chi connectivity index (χ4v) is 2.44. The molecule has 0 saturated carbocycles. The summed E-state index contributed by atoms with van der Waals surface area (Å²) in [6, 6.07) is 15.0. The number of carbonyl (C=O) groups excluding carboxylic acids is 2. The van der Waals surface area contributed by atoms with E-state index in [1.165, 1.54) is 0 Å². The fraction of sp³-hybridized carbons (Fsp3) is 0.250. The Kier molecular flexibility index (Phi) is 6.75. The van der Waals surface area contributed by atoms with Crippen LogP contribution >= 0.6 is 0 Å². The number of rotatable bonds is 6. The number of nitrogens with one attached hydrogen (secondary N) is 3. The van der Waals surface area contributed by atoms with Crippen LogP contribution in [0.5, 0.6) is 0 Å². The number of benzene rings is 2. The predicted molar refractivity (Wildman–Crippen MR) is 100 cm³/mol. The zero-order valence-corrected chi connectivity index (χ0v) is 14.9. The van der Waals surface area contributed by atoms with Crippen LogP contribution in [0.25, 0.3) is 0 Å². The number of hydrogen-bond donors (Lipinski definition) is 3. The molecule has 0 aliphatic heterocycles. The van der Waals surface area contributed by atoms with Crippen LogP contribution in [0, 0.1) is 25.2 Å². The number of hydrazine groups is 1. The van der Waals surface area contributed by atoms with Gasteiger partial charge in [0, 0.05) is 12.1 Å². The largest absolute Gasteiger partial charge is 0.376 e. The van der Waals surface area contributed by atoms with E-state index in [0.717, 1.165) is 22.4 Å². The summed E-state index contributed by atoms with van der Waals surface area (Å²) in [4.78, 5) is 23.6. The third-order valence-electron chi connectivity index (χ3n) is 3.89. The van der Waals surface area contributed by atoms with Crippen molar-refractivity contribution in [3.05, 3.63) is 64.7 Å². The molecular weight excluding hydrogens is 328 g/mol. The molecule has 0 bridgehead atoms. The molecule has 0 atom stereocenters. The minimum Gasteiger partial charge on any atom is -0.376 e. The summed E-state index contributed by atoms with van der Waals surface area (Å²) in [6.45, 7) is 4.05. The molecule has 2 aromatic carbocycles. The van der Waals surface area contributed by atoms with Crippen LogP contribution in [-0.2, 0) is 16.0 Å². The third kappa shape index (κ3) is 5.95. The Morgan fingerprint density at radius 1 is 1.00 bits per heavy atom. The minimum atomic E-state index is -0.323. The smallest absolute Gasteiger partial charge is 0.257 e. The van der Waals surface area contributed by atoms with Crippen molar-refractivity contribution in [3.63, 3.8) is 0 Å². The van der Waals surface area contributed by atoms with E-state index in [-0.39, 0.29) is 24.8 Å². The first-order valence-corrected chi connectivity index (χ1v) is 8.36. The van der Waals surface area contributed by atoms with E-state index < -0.39 is 0 Å². The average molecular weight is 350 g/mol. The molecule has 2 amide bonds. The van der Waals surface area contributed by atoms with Crippen LogP contribution in [0.3, 0.4) is 0 Å². The second-order valence-corrected chi connectivity index (χ2v) is 6.08. The molecule has 26 heavy (non-hydrogen) atoms. The Hall–Kier alpha value is -3.33. The molecular formula is C20H22N4O2. The van der Waals surface area contributed by atoms with E-state index in [4.69, 9.17) is 5.26 Å². The van der Waals surface area contributed by atoms with Crippen molar-refractivity contribution in [1.29, 1.82) is 5.26 Å². The van der Waals surface area contributed by atoms with E-state index >= 15 is 0 Å². The SMILES string of the molecule is Cc1ccc(NCC(=O)NNC(=O)CCc2ccc(C#N)cc2)c(C)c1. The van der Waals surface area contributed by atoms with Gasteiger partial charge in [0.15, 0.2) is 0 Å². The number of carbonyl (C=O) groups is 2. The molecule has 0 unspecified atom stereocenters. The van der Waals surface area contributed by atoms with E-state index in [9.17, 15) is 9.59 Å². The monoisotopic (exact) mass is 350 g/mol. The Morgan fingerprint density at radius 3 is 2.35 bits per heavy atom. The summed E-state index contributed by atoms with van der Waals surface area (Å²) >= 11 is 0. The molecule has 0 aliphatic rings. The van der Waals surface area contributed by atoms with Crippen molar-refractivity contribution in [3.8, 4) is 6.07 Å². The van der Waals surface area contributed by atoms with Gasteiger partial charge in [-0.2, -0.15) is 5.26 Å². The zero-order chi connectivity index (χ0) is 18.9. The van der Waals surface area contributed by atoms with Gasteiger partial charge in [0.05, 0.1) is 18.2 Å². The third-order valence-corrected chi connectivity index (χ3v) is 3.89. The molecule has 2 aromatic rings. The number of amides is 2. The van der Waals surface area contributed by atoms with Crippen molar-refractivity contribution in [2.75, 3.05) is 11.9 Å². The Balaban J connectivity index is 1.69. The quantitative estimate of drug-likeness (QED) is 0.697. The van der Waals surface area contributed by atoms with Gasteiger partial charge in [0.2, 0.25) is 5.91 Å². The van der Waals surface area contributed by atoms with E-state index in [2.05, 4.69) is 16.2 Å². The zero-order valence-electron chi connectivity index (χ0n) is 14.9. The number of aryl methyl sites for hydroxylation is 3.